The standard InChI is InChI=1S/C13H10FN3O2S/c1-2-6-17-12(19)9(11(18)16-13(17)20)7-8-4-3-5-10(14)15-8/h2-5,7H,1,6H2,(H,16,18,20). The minimum atomic E-state index is -0.693. The summed E-state index contributed by atoms with van der Waals surface area (Å²) < 4.78 is 13.0. The zero-order valence-electron chi connectivity index (χ0n) is 10.3. The molecule has 2 rings (SSSR count). The topological polar surface area (TPSA) is 62.3 Å². The zero-order valence-corrected chi connectivity index (χ0v) is 11.1. The average molecular weight is 291 g/mol. The molecule has 0 aromatic carbocycles. The number of hydrogen-bond acceptors (Lipinski definition) is 4. The third kappa shape index (κ3) is 2.77. The van der Waals surface area contributed by atoms with E-state index in [4.69, 9.17) is 12.2 Å². The molecule has 0 atom stereocenters. The Labute approximate surface area is 119 Å². The number of halogens is 1. The van der Waals surface area contributed by atoms with E-state index >= 15 is 0 Å². The molecule has 20 heavy (non-hydrogen) atoms. The number of aromatic nitrogens is 1. The number of amides is 2. The first-order chi connectivity index (χ1) is 9.52. The van der Waals surface area contributed by atoms with Gasteiger partial charge in [0.25, 0.3) is 11.8 Å². The molecule has 0 spiro atoms. The van der Waals surface area contributed by atoms with Crippen LogP contribution in [0.25, 0.3) is 6.08 Å². The molecule has 0 saturated carbocycles. The van der Waals surface area contributed by atoms with E-state index in [0.29, 0.717) is 0 Å². The summed E-state index contributed by atoms with van der Waals surface area (Å²) in [7, 11) is 0. The van der Waals surface area contributed by atoms with E-state index in [0.717, 1.165) is 0 Å². The highest BCUT2D eigenvalue weighted by Gasteiger charge is 2.32. The molecule has 1 saturated heterocycles. The number of thiocarbonyl (C=S) groups is 1. The lowest BCUT2D eigenvalue weighted by Crippen LogP contribution is -2.53. The van der Waals surface area contributed by atoms with Crippen molar-refractivity contribution < 1.29 is 14.0 Å². The normalized spacial score (nSPS) is 17.4. The molecule has 2 heterocycles. The lowest BCUT2D eigenvalue weighted by atomic mass is 10.1. The highest BCUT2D eigenvalue weighted by atomic mass is 32.1. The molecule has 0 unspecified atom stereocenters. The predicted octanol–water partition coefficient (Wildman–Crippen LogP) is 1.03. The first-order valence-corrected chi connectivity index (χ1v) is 6.06. The minimum Gasteiger partial charge on any atom is -0.298 e. The molecule has 1 aliphatic rings. The third-order valence-corrected chi connectivity index (χ3v) is 2.85. The summed E-state index contributed by atoms with van der Waals surface area (Å²) in [6.07, 6.45) is 2.71. The molecule has 102 valence electrons. The van der Waals surface area contributed by atoms with E-state index in [-0.39, 0.29) is 22.9 Å². The number of nitrogens with one attached hydrogen (secondary N) is 1. The quantitative estimate of drug-likeness (QED) is 0.297. The molecule has 2 amide bonds. The van der Waals surface area contributed by atoms with Gasteiger partial charge in [0.1, 0.15) is 5.57 Å². The van der Waals surface area contributed by atoms with Crippen molar-refractivity contribution in [3.63, 3.8) is 0 Å². The van der Waals surface area contributed by atoms with Gasteiger partial charge in [-0.3, -0.25) is 19.8 Å². The van der Waals surface area contributed by atoms with E-state index < -0.39 is 17.8 Å². The Morgan fingerprint density at radius 2 is 2.20 bits per heavy atom. The molecule has 1 aromatic heterocycles. The van der Waals surface area contributed by atoms with E-state index in [1.807, 2.05) is 0 Å². The molecular formula is C13H10FN3O2S. The summed E-state index contributed by atoms with van der Waals surface area (Å²) in [4.78, 5) is 28.7. The first-order valence-electron chi connectivity index (χ1n) is 5.65. The van der Waals surface area contributed by atoms with E-state index in [1.165, 1.54) is 35.3 Å². The smallest absolute Gasteiger partial charge is 0.266 e. The second-order valence-corrected chi connectivity index (χ2v) is 4.29. The lowest BCUT2D eigenvalue weighted by molar-refractivity contribution is -0.128. The van der Waals surface area contributed by atoms with Crippen LogP contribution in [0.5, 0.6) is 0 Å². The fraction of sp³-hybridized carbons (Fsp3) is 0.0769. The molecule has 0 radical (unpaired) electrons. The van der Waals surface area contributed by atoms with Crippen LogP contribution in [-0.2, 0) is 9.59 Å². The predicted molar refractivity (Wildman–Crippen MR) is 74.8 cm³/mol. The number of pyridine rings is 1. The van der Waals surface area contributed by atoms with Crippen LogP contribution in [-0.4, -0.2) is 33.4 Å². The molecule has 5 nitrogen and oxygen atoms in total. The van der Waals surface area contributed by atoms with Crippen LogP contribution >= 0.6 is 12.2 Å². The van der Waals surface area contributed by atoms with Gasteiger partial charge in [0, 0.05) is 6.54 Å². The van der Waals surface area contributed by atoms with Crippen LogP contribution in [0.4, 0.5) is 4.39 Å². The molecule has 1 aliphatic heterocycles. The molecule has 0 bridgehead atoms. The van der Waals surface area contributed by atoms with Crippen molar-refractivity contribution in [1.82, 2.24) is 15.2 Å². The van der Waals surface area contributed by atoms with Crippen molar-refractivity contribution in [2.75, 3.05) is 6.54 Å². The molecule has 1 N–H and O–H groups in total. The van der Waals surface area contributed by atoms with Crippen LogP contribution in [0, 0.1) is 5.95 Å². The Balaban J connectivity index is 2.38. The van der Waals surface area contributed by atoms with Crippen molar-refractivity contribution >= 4 is 35.2 Å². The van der Waals surface area contributed by atoms with Crippen LogP contribution in [0.1, 0.15) is 5.69 Å². The highest BCUT2D eigenvalue weighted by Crippen LogP contribution is 2.13. The van der Waals surface area contributed by atoms with Crippen molar-refractivity contribution in [2.45, 2.75) is 0 Å². The van der Waals surface area contributed by atoms with Gasteiger partial charge >= 0.3 is 0 Å². The van der Waals surface area contributed by atoms with Crippen molar-refractivity contribution in [3.05, 3.63) is 48.1 Å². The minimum absolute atomic E-state index is 0.0178. The fourth-order valence-electron chi connectivity index (χ4n) is 1.64. The Bertz CT molecular complexity index is 642. The van der Waals surface area contributed by atoms with E-state index in [1.54, 1.807) is 0 Å². The van der Waals surface area contributed by atoms with Crippen molar-refractivity contribution in [3.8, 4) is 0 Å². The largest absolute Gasteiger partial charge is 0.298 e. The second kappa shape index (κ2) is 5.70. The lowest BCUT2D eigenvalue weighted by Gasteiger charge is -2.27. The Morgan fingerprint density at radius 1 is 1.45 bits per heavy atom. The summed E-state index contributed by atoms with van der Waals surface area (Å²) in [6.45, 7) is 3.69. The molecule has 7 heteroatoms. The molecule has 1 aromatic rings. The summed E-state index contributed by atoms with van der Waals surface area (Å²) in [6, 6.07) is 4.09. The van der Waals surface area contributed by atoms with Gasteiger partial charge in [-0.15, -0.1) is 6.58 Å². The van der Waals surface area contributed by atoms with E-state index in [2.05, 4.69) is 16.9 Å². The summed E-state index contributed by atoms with van der Waals surface area (Å²) in [5.74, 6) is -1.89. The van der Waals surface area contributed by atoms with Gasteiger partial charge in [0.05, 0.1) is 5.69 Å². The molecule has 0 aliphatic carbocycles. The van der Waals surface area contributed by atoms with Gasteiger partial charge in [0.2, 0.25) is 5.95 Å². The monoisotopic (exact) mass is 291 g/mol. The summed E-state index contributed by atoms with van der Waals surface area (Å²) >= 11 is 4.91. The van der Waals surface area contributed by atoms with Gasteiger partial charge in [-0.05, 0) is 30.4 Å². The highest BCUT2D eigenvalue weighted by molar-refractivity contribution is 7.80. The van der Waals surface area contributed by atoms with Crippen molar-refractivity contribution in [1.29, 1.82) is 0 Å². The summed E-state index contributed by atoms with van der Waals surface area (Å²) in [5.41, 5.74) is 0.0217. The Kier molecular flexibility index (Phi) is 3.99. The number of hydrogen-bond donors (Lipinski definition) is 1. The van der Waals surface area contributed by atoms with Crippen LogP contribution in [0.3, 0.4) is 0 Å². The maximum Gasteiger partial charge on any atom is 0.266 e. The Morgan fingerprint density at radius 3 is 2.85 bits per heavy atom. The maximum absolute atomic E-state index is 13.0. The third-order valence-electron chi connectivity index (χ3n) is 2.53. The molecule has 1 fully saturated rings. The maximum atomic E-state index is 13.0. The van der Waals surface area contributed by atoms with Gasteiger partial charge in [-0.2, -0.15) is 4.39 Å². The zero-order chi connectivity index (χ0) is 14.7. The summed E-state index contributed by atoms with van der Waals surface area (Å²) in [5, 5.41) is 2.41. The van der Waals surface area contributed by atoms with Gasteiger partial charge in [-0.25, -0.2) is 4.98 Å². The van der Waals surface area contributed by atoms with Crippen molar-refractivity contribution in [2.24, 2.45) is 0 Å². The van der Waals surface area contributed by atoms with Gasteiger partial charge < -0.3 is 0 Å². The number of nitrogens with zero attached hydrogens (tertiary/aromatic N) is 2. The van der Waals surface area contributed by atoms with Crippen LogP contribution in [0.15, 0.2) is 36.4 Å². The average Bonchev–Trinajstić information content (AvgIpc) is 2.39. The SMILES string of the molecule is C=CCN1C(=O)C(=Cc2cccc(F)n2)C(=O)NC1=S. The first kappa shape index (κ1) is 14.0. The van der Waals surface area contributed by atoms with Crippen LogP contribution in [0.2, 0.25) is 0 Å². The Hall–Kier alpha value is -2.41. The van der Waals surface area contributed by atoms with E-state index in [9.17, 15) is 14.0 Å². The van der Waals surface area contributed by atoms with Gasteiger partial charge in [-0.1, -0.05) is 12.1 Å². The van der Waals surface area contributed by atoms with Gasteiger partial charge in [0.15, 0.2) is 5.11 Å². The second-order valence-electron chi connectivity index (χ2n) is 3.91. The number of carbonyl (C=O) groups is 2. The number of rotatable bonds is 3. The number of carbonyl (C=O) groups excluding carboxylic acids is 2. The fourth-order valence-corrected chi connectivity index (χ4v) is 1.89. The molecular weight excluding hydrogens is 281 g/mol. The van der Waals surface area contributed by atoms with Crippen LogP contribution < -0.4 is 5.32 Å².